The van der Waals surface area contributed by atoms with Crippen LogP contribution in [0.15, 0.2) is 23.4 Å². The minimum absolute atomic E-state index is 0.247. The van der Waals surface area contributed by atoms with Crippen molar-refractivity contribution in [1.82, 2.24) is 20.2 Å². The zero-order valence-electron chi connectivity index (χ0n) is 7.19. The molecule has 0 saturated carbocycles. The zero-order valence-corrected chi connectivity index (χ0v) is 7.19. The lowest BCUT2D eigenvalue weighted by Crippen LogP contribution is -2.14. The molecule has 0 amide bonds. The van der Waals surface area contributed by atoms with Gasteiger partial charge in [-0.2, -0.15) is 5.10 Å². The van der Waals surface area contributed by atoms with Gasteiger partial charge in [0.05, 0.1) is 23.9 Å². The first-order valence-corrected chi connectivity index (χ1v) is 3.99. The fraction of sp³-hybridized carbons (Fsp3) is 0.125. The number of H-pyrrole nitrogens is 2. The second-order valence-corrected chi connectivity index (χ2v) is 2.73. The minimum atomic E-state index is -0.335. The molecule has 2 rings (SSSR count). The topological polar surface area (TPSA) is 94.7 Å². The standard InChI is InChI=1S/C8H8N4O2/c13-4-6-1-9-7(12-8(6)14)5-2-10-11-3-5/h1-3,13H,4H2,(H,10,11)(H,9,12,14). The highest BCUT2D eigenvalue weighted by Crippen LogP contribution is 2.08. The molecule has 0 aliphatic heterocycles. The van der Waals surface area contributed by atoms with E-state index in [0.29, 0.717) is 11.4 Å². The summed E-state index contributed by atoms with van der Waals surface area (Å²) >= 11 is 0. The Morgan fingerprint density at radius 1 is 1.43 bits per heavy atom. The number of aromatic nitrogens is 4. The van der Waals surface area contributed by atoms with E-state index in [1.54, 1.807) is 12.4 Å². The van der Waals surface area contributed by atoms with Crippen LogP contribution >= 0.6 is 0 Å². The zero-order chi connectivity index (χ0) is 9.97. The van der Waals surface area contributed by atoms with Gasteiger partial charge in [-0.3, -0.25) is 9.89 Å². The average molecular weight is 192 g/mol. The third kappa shape index (κ3) is 1.42. The van der Waals surface area contributed by atoms with E-state index >= 15 is 0 Å². The van der Waals surface area contributed by atoms with Crippen LogP contribution in [-0.4, -0.2) is 25.3 Å². The monoisotopic (exact) mass is 192 g/mol. The maximum atomic E-state index is 11.3. The molecule has 0 radical (unpaired) electrons. The predicted octanol–water partition coefficient (Wildman–Crippen LogP) is -0.348. The van der Waals surface area contributed by atoms with Crippen molar-refractivity contribution in [3.8, 4) is 11.4 Å². The summed E-state index contributed by atoms with van der Waals surface area (Å²) in [5.41, 5.74) is 0.613. The number of nitrogens with one attached hydrogen (secondary N) is 2. The molecule has 2 heterocycles. The van der Waals surface area contributed by atoms with Crippen LogP contribution in [0, 0.1) is 0 Å². The Bertz CT molecular complexity index is 474. The Labute approximate surface area is 78.6 Å². The number of aromatic amines is 2. The fourth-order valence-electron chi connectivity index (χ4n) is 1.06. The first kappa shape index (κ1) is 8.64. The highest BCUT2D eigenvalue weighted by atomic mass is 16.3. The van der Waals surface area contributed by atoms with Crippen LogP contribution in [0.1, 0.15) is 5.56 Å². The van der Waals surface area contributed by atoms with Crippen LogP contribution in [0.25, 0.3) is 11.4 Å². The molecule has 0 spiro atoms. The maximum absolute atomic E-state index is 11.3. The van der Waals surface area contributed by atoms with E-state index in [-0.39, 0.29) is 17.7 Å². The van der Waals surface area contributed by atoms with Gasteiger partial charge in [0.15, 0.2) is 0 Å². The summed E-state index contributed by atoms with van der Waals surface area (Å²) in [6.45, 7) is -0.312. The smallest absolute Gasteiger partial charge is 0.256 e. The number of nitrogens with zero attached hydrogens (tertiary/aromatic N) is 2. The van der Waals surface area contributed by atoms with Crippen molar-refractivity contribution in [3.63, 3.8) is 0 Å². The van der Waals surface area contributed by atoms with Gasteiger partial charge in [-0.15, -0.1) is 0 Å². The fourth-order valence-corrected chi connectivity index (χ4v) is 1.06. The van der Waals surface area contributed by atoms with Crippen LogP contribution < -0.4 is 5.56 Å². The van der Waals surface area contributed by atoms with Crippen LogP contribution in [0.4, 0.5) is 0 Å². The second-order valence-electron chi connectivity index (χ2n) is 2.73. The van der Waals surface area contributed by atoms with Crippen molar-refractivity contribution >= 4 is 0 Å². The summed E-state index contributed by atoms with van der Waals surface area (Å²) in [6.07, 6.45) is 4.52. The molecule has 0 unspecified atom stereocenters. The normalized spacial score (nSPS) is 10.4. The lowest BCUT2D eigenvalue weighted by Gasteiger charge is -1.97. The molecular formula is C8H8N4O2. The summed E-state index contributed by atoms with van der Waals surface area (Å²) in [5.74, 6) is 0.431. The molecule has 0 fully saturated rings. The van der Waals surface area contributed by atoms with Crippen LogP contribution in [0.2, 0.25) is 0 Å². The van der Waals surface area contributed by atoms with Gasteiger partial charge >= 0.3 is 0 Å². The Morgan fingerprint density at radius 3 is 2.86 bits per heavy atom. The molecule has 0 aliphatic carbocycles. The Hall–Kier alpha value is -1.95. The molecule has 0 aliphatic rings. The van der Waals surface area contributed by atoms with Gasteiger partial charge in [0.2, 0.25) is 0 Å². The van der Waals surface area contributed by atoms with Crippen molar-refractivity contribution in [2.45, 2.75) is 6.61 Å². The summed E-state index contributed by atoms with van der Waals surface area (Å²) in [6, 6.07) is 0. The molecule has 0 aromatic carbocycles. The van der Waals surface area contributed by atoms with Gasteiger partial charge in [0.25, 0.3) is 5.56 Å². The van der Waals surface area contributed by atoms with Gasteiger partial charge in [0.1, 0.15) is 5.82 Å². The largest absolute Gasteiger partial charge is 0.391 e. The van der Waals surface area contributed by atoms with E-state index in [1.807, 2.05) is 0 Å². The lowest BCUT2D eigenvalue weighted by atomic mass is 10.3. The maximum Gasteiger partial charge on any atom is 0.256 e. The molecule has 3 N–H and O–H groups in total. The Balaban J connectivity index is 2.48. The van der Waals surface area contributed by atoms with Crippen LogP contribution in [0.3, 0.4) is 0 Å². The quantitative estimate of drug-likeness (QED) is 0.606. The first-order valence-electron chi connectivity index (χ1n) is 3.99. The van der Waals surface area contributed by atoms with Gasteiger partial charge in [-0.25, -0.2) is 4.98 Å². The van der Waals surface area contributed by atoms with Gasteiger partial charge in [0, 0.05) is 12.4 Å². The van der Waals surface area contributed by atoms with E-state index in [1.165, 1.54) is 6.20 Å². The predicted molar refractivity (Wildman–Crippen MR) is 48.4 cm³/mol. The van der Waals surface area contributed by atoms with E-state index in [4.69, 9.17) is 5.11 Å². The highest BCUT2D eigenvalue weighted by Gasteiger charge is 2.03. The summed E-state index contributed by atoms with van der Waals surface area (Å²) < 4.78 is 0. The Morgan fingerprint density at radius 2 is 2.29 bits per heavy atom. The molecule has 0 atom stereocenters. The third-order valence-electron chi connectivity index (χ3n) is 1.82. The molecule has 72 valence electrons. The average Bonchev–Trinajstić information content (AvgIpc) is 2.70. The lowest BCUT2D eigenvalue weighted by molar-refractivity contribution is 0.279. The van der Waals surface area contributed by atoms with Gasteiger partial charge in [-0.1, -0.05) is 0 Å². The van der Waals surface area contributed by atoms with Crippen molar-refractivity contribution in [3.05, 3.63) is 34.5 Å². The first-order chi connectivity index (χ1) is 6.81. The molecule has 2 aromatic heterocycles. The molecular weight excluding hydrogens is 184 g/mol. The number of aliphatic hydroxyl groups is 1. The van der Waals surface area contributed by atoms with Crippen molar-refractivity contribution in [1.29, 1.82) is 0 Å². The number of aliphatic hydroxyl groups excluding tert-OH is 1. The third-order valence-corrected chi connectivity index (χ3v) is 1.82. The summed E-state index contributed by atoms with van der Waals surface area (Å²) in [4.78, 5) is 17.8. The number of rotatable bonds is 2. The minimum Gasteiger partial charge on any atom is -0.391 e. The van der Waals surface area contributed by atoms with Crippen molar-refractivity contribution < 1.29 is 5.11 Å². The SMILES string of the molecule is O=c1[nH]c(-c2cn[nH]c2)ncc1CO. The molecule has 0 saturated heterocycles. The van der Waals surface area contributed by atoms with Gasteiger partial charge < -0.3 is 10.1 Å². The van der Waals surface area contributed by atoms with Crippen LogP contribution in [0.5, 0.6) is 0 Å². The van der Waals surface area contributed by atoms with E-state index in [2.05, 4.69) is 20.2 Å². The molecule has 6 nitrogen and oxygen atoms in total. The summed E-state index contributed by atoms with van der Waals surface area (Å²) in [7, 11) is 0. The molecule has 0 bridgehead atoms. The number of hydrogen-bond acceptors (Lipinski definition) is 4. The van der Waals surface area contributed by atoms with E-state index in [9.17, 15) is 4.79 Å². The van der Waals surface area contributed by atoms with Crippen LogP contribution in [-0.2, 0) is 6.61 Å². The van der Waals surface area contributed by atoms with Crippen molar-refractivity contribution in [2.75, 3.05) is 0 Å². The summed E-state index contributed by atoms with van der Waals surface area (Å²) in [5, 5.41) is 15.1. The Kier molecular flexibility index (Phi) is 2.11. The second kappa shape index (κ2) is 3.43. The van der Waals surface area contributed by atoms with E-state index < -0.39 is 0 Å². The molecule has 2 aromatic rings. The highest BCUT2D eigenvalue weighted by molar-refractivity contribution is 5.51. The van der Waals surface area contributed by atoms with Gasteiger partial charge in [-0.05, 0) is 0 Å². The van der Waals surface area contributed by atoms with Crippen molar-refractivity contribution in [2.24, 2.45) is 0 Å². The number of hydrogen-bond donors (Lipinski definition) is 3. The molecule has 6 heteroatoms. The van der Waals surface area contributed by atoms with E-state index in [0.717, 1.165) is 0 Å². The molecule has 14 heavy (non-hydrogen) atoms.